The molecule has 0 saturated heterocycles. The van der Waals surface area contributed by atoms with E-state index < -0.39 is 5.38 Å². The van der Waals surface area contributed by atoms with Crippen LogP contribution in [0.15, 0.2) is 24.3 Å². The standard InChI is InChI=1S/C10H11Cl2NO/c1-13-10(14)9(12)8-5-3-2-4-7(8)6-11/h2-5,9H,6H2,1H3,(H,13,14). The molecule has 4 heteroatoms. The second-order valence-electron chi connectivity index (χ2n) is 2.81. The van der Waals surface area contributed by atoms with Crippen molar-refractivity contribution in [2.75, 3.05) is 7.05 Å². The molecular weight excluding hydrogens is 221 g/mol. The van der Waals surface area contributed by atoms with E-state index in [9.17, 15) is 4.79 Å². The minimum Gasteiger partial charge on any atom is -0.358 e. The predicted molar refractivity (Wildman–Crippen MR) is 58.7 cm³/mol. The van der Waals surface area contributed by atoms with Crippen molar-refractivity contribution in [2.45, 2.75) is 11.3 Å². The molecule has 0 heterocycles. The molecule has 0 aliphatic carbocycles. The van der Waals surface area contributed by atoms with E-state index in [2.05, 4.69) is 5.32 Å². The van der Waals surface area contributed by atoms with Gasteiger partial charge < -0.3 is 5.32 Å². The molecule has 0 bridgehead atoms. The van der Waals surface area contributed by atoms with Gasteiger partial charge >= 0.3 is 0 Å². The summed E-state index contributed by atoms with van der Waals surface area (Å²) in [5, 5.41) is 1.83. The van der Waals surface area contributed by atoms with E-state index >= 15 is 0 Å². The van der Waals surface area contributed by atoms with Crippen molar-refractivity contribution in [3.63, 3.8) is 0 Å². The number of carbonyl (C=O) groups excluding carboxylic acids is 1. The largest absolute Gasteiger partial charge is 0.358 e. The van der Waals surface area contributed by atoms with Gasteiger partial charge in [0.15, 0.2) is 0 Å². The summed E-state index contributed by atoms with van der Waals surface area (Å²) >= 11 is 11.7. The Morgan fingerprint density at radius 1 is 1.50 bits per heavy atom. The van der Waals surface area contributed by atoms with Crippen molar-refractivity contribution in [1.82, 2.24) is 5.32 Å². The summed E-state index contributed by atoms with van der Waals surface area (Å²) in [7, 11) is 1.56. The third-order valence-electron chi connectivity index (χ3n) is 1.95. The quantitative estimate of drug-likeness (QED) is 0.797. The number of hydrogen-bond donors (Lipinski definition) is 1. The van der Waals surface area contributed by atoms with Gasteiger partial charge in [-0.3, -0.25) is 4.79 Å². The van der Waals surface area contributed by atoms with Crippen LogP contribution in [0.2, 0.25) is 0 Å². The Bertz CT molecular complexity index is 328. The topological polar surface area (TPSA) is 29.1 Å². The van der Waals surface area contributed by atoms with E-state index in [0.717, 1.165) is 11.1 Å². The number of likely N-dealkylation sites (N-methyl/N-ethyl adjacent to an activating group) is 1. The molecule has 1 N–H and O–H groups in total. The van der Waals surface area contributed by atoms with Gasteiger partial charge in [-0.2, -0.15) is 0 Å². The Labute approximate surface area is 93.2 Å². The molecule has 0 fully saturated rings. The van der Waals surface area contributed by atoms with Crippen LogP contribution in [-0.2, 0) is 10.7 Å². The van der Waals surface area contributed by atoms with Gasteiger partial charge in [0.05, 0.1) is 0 Å². The lowest BCUT2D eigenvalue weighted by Gasteiger charge is -2.11. The molecule has 0 aromatic heterocycles. The van der Waals surface area contributed by atoms with Crippen molar-refractivity contribution in [2.24, 2.45) is 0 Å². The van der Waals surface area contributed by atoms with Crippen LogP contribution < -0.4 is 5.32 Å². The van der Waals surface area contributed by atoms with Crippen LogP contribution in [0.4, 0.5) is 0 Å². The molecule has 1 unspecified atom stereocenters. The Morgan fingerprint density at radius 3 is 2.71 bits per heavy atom. The predicted octanol–water partition coefficient (Wildman–Crippen LogP) is 2.45. The minimum absolute atomic E-state index is 0.218. The van der Waals surface area contributed by atoms with Crippen molar-refractivity contribution in [1.29, 1.82) is 0 Å². The zero-order valence-corrected chi connectivity index (χ0v) is 9.27. The van der Waals surface area contributed by atoms with Crippen LogP contribution in [0.5, 0.6) is 0 Å². The second kappa shape index (κ2) is 5.23. The van der Waals surface area contributed by atoms with Gasteiger partial charge in [-0.25, -0.2) is 0 Å². The van der Waals surface area contributed by atoms with Crippen LogP contribution in [-0.4, -0.2) is 13.0 Å². The zero-order chi connectivity index (χ0) is 10.6. The number of halogens is 2. The zero-order valence-electron chi connectivity index (χ0n) is 7.76. The SMILES string of the molecule is CNC(=O)C(Cl)c1ccccc1CCl. The highest BCUT2D eigenvalue weighted by molar-refractivity contribution is 6.31. The lowest BCUT2D eigenvalue weighted by molar-refractivity contribution is -0.120. The van der Waals surface area contributed by atoms with Crippen LogP contribution in [0.3, 0.4) is 0 Å². The van der Waals surface area contributed by atoms with Gasteiger partial charge in [0.25, 0.3) is 0 Å². The van der Waals surface area contributed by atoms with Crippen LogP contribution in [0.1, 0.15) is 16.5 Å². The molecule has 1 rings (SSSR count). The third-order valence-corrected chi connectivity index (χ3v) is 2.67. The maximum Gasteiger partial charge on any atom is 0.242 e. The molecule has 0 radical (unpaired) electrons. The molecule has 14 heavy (non-hydrogen) atoms. The average molecular weight is 232 g/mol. The van der Waals surface area contributed by atoms with Crippen molar-refractivity contribution < 1.29 is 4.79 Å². The Hall–Kier alpha value is -0.730. The molecule has 1 aromatic carbocycles. The molecular formula is C10H11Cl2NO. The van der Waals surface area contributed by atoms with E-state index in [1.54, 1.807) is 7.05 Å². The number of carbonyl (C=O) groups is 1. The number of nitrogens with one attached hydrogen (secondary N) is 1. The summed E-state index contributed by atoms with van der Waals surface area (Å²) in [6.45, 7) is 0. The first-order valence-electron chi connectivity index (χ1n) is 4.20. The van der Waals surface area contributed by atoms with Gasteiger partial charge in [-0.15, -0.1) is 23.2 Å². The molecule has 1 aromatic rings. The number of alkyl halides is 2. The van der Waals surface area contributed by atoms with Gasteiger partial charge in [-0.1, -0.05) is 24.3 Å². The fourth-order valence-corrected chi connectivity index (χ4v) is 1.74. The van der Waals surface area contributed by atoms with E-state index in [1.165, 1.54) is 0 Å². The van der Waals surface area contributed by atoms with Crippen molar-refractivity contribution in [3.05, 3.63) is 35.4 Å². The molecule has 0 spiro atoms. The van der Waals surface area contributed by atoms with Gasteiger partial charge in [0.1, 0.15) is 5.38 Å². The van der Waals surface area contributed by atoms with Crippen LogP contribution in [0.25, 0.3) is 0 Å². The van der Waals surface area contributed by atoms with E-state index in [-0.39, 0.29) is 5.91 Å². The highest BCUT2D eigenvalue weighted by Crippen LogP contribution is 2.25. The fraction of sp³-hybridized carbons (Fsp3) is 0.300. The molecule has 76 valence electrons. The molecule has 0 aliphatic heterocycles. The highest BCUT2D eigenvalue weighted by Gasteiger charge is 2.18. The van der Waals surface area contributed by atoms with E-state index in [1.807, 2.05) is 24.3 Å². The normalized spacial score (nSPS) is 12.2. The maximum atomic E-state index is 11.3. The Morgan fingerprint density at radius 2 is 2.14 bits per heavy atom. The number of amides is 1. The molecule has 1 atom stereocenters. The third kappa shape index (κ3) is 2.40. The fourth-order valence-electron chi connectivity index (χ4n) is 1.17. The van der Waals surface area contributed by atoms with E-state index in [4.69, 9.17) is 23.2 Å². The summed E-state index contributed by atoms with van der Waals surface area (Å²) < 4.78 is 0. The molecule has 1 amide bonds. The highest BCUT2D eigenvalue weighted by atomic mass is 35.5. The maximum absolute atomic E-state index is 11.3. The van der Waals surface area contributed by atoms with Crippen molar-refractivity contribution >= 4 is 29.1 Å². The summed E-state index contributed by atoms with van der Waals surface area (Å²) in [5.74, 6) is 0.139. The first kappa shape index (κ1) is 11.3. The summed E-state index contributed by atoms with van der Waals surface area (Å²) in [6, 6.07) is 7.38. The van der Waals surface area contributed by atoms with E-state index in [0.29, 0.717) is 5.88 Å². The molecule has 0 aliphatic rings. The van der Waals surface area contributed by atoms with Crippen molar-refractivity contribution in [3.8, 4) is 0 Å². The van der Waals surface area contributed by atoms with Gasteiger partial charge in [0, 0.05) is 12.9 Å². The number of hydrogen-bond acceptors (Lipinski definition) is 1. The Balaban J connectivity index is 2.99. The van der Waals surface area contributed by atoms with Gasteiger partial charge in [-0.05, 0) is 11.1 Å². The Kier molecular flexibility index (Phi) is 4.23. The average Bonchev–Trinajstić information content (AvgIpc) is 2.26. The number of benzene rings is 1. The smallest absolute Gasteiger partial charge is 0.242 e. The van der Waals surface area contributed by atoms with Crippen LogP contribution >= 0.6 is 23.2 Å². The lowest BCUT2D eigenvalue weighted by Crippen LogP contribution is -2.23. The first-order valence-corrected chi connectivity index (χ1v) is 5.17. The minimum atomic E-state index is -0.671. The summed E-state index contributed by atoms with van der Waals surface area (Å²) in [4.78, 5) is 11.3. The van der Waals surface area contributed by atoms with Gasteiger partial charge in [0.2, 0.25) is 5.91 Å². The van der Waals surface area contributed by atoms with Crippen LogP contribution in [0, 0.1) is 0 Å². The summed E-state index contributed by atoms with van der Waals surface area (Å²) in [5.41, 5.74) is 1.65. The molecule has 2 nitrogen and oxygen atoms in total. The monoisotopic (exact) mass is 231 g/mol. The molecule has 0 saturated carbocycles. The lowest BCUT2D eigenvalue weighted by atomic mass is 10.1. The second-order valence-corrected chi connectivity index (χ2v) is 3.51. The first-order chi connectivity index (χ1) is 6.70. The summed E-state index contributed by atoms with van der Waals surface area (Å²) in [6.07, 6.45) is 0. The number of rotatable bonds is 3.